The van der Waals surface area contributed by atoms with Crippen molar-refractivity contribution in [2.75, 3.05) is 13.2 Å². The molecule has 2 aromatic rings. The van der Waals surface area contributed by atoms with Crippen molar-refractivity contribution in [3.05, 3.63) is 63.6 Å². The van der Waals surface area contributed by atoms with Gasteiger partial charge < -0.3 is 10.1 Å². The van der Waals surface area contributed by atoms with Crippen molar-refractivity contribution < 1.29 is 4.74 Å². The van der Waals surface area contributed by atoms with Gasteiger partial charge in [-0.2, -0.15) is 0 Å². The largest absolute Gasteiger partial charge is 0.494 e. The molecule has 0 fully saturated rings. The lowest BCUT2D eigenvalue weighted by molar-refractivity contribution is 0.340. The molecule has 0 heterocycles. The number of aryl methyl sites for hydroxylation is 1. The third-order valence-electron chi connectivity index (χ3n) is 3.40. The zero-order chi connectivity index (χ0) is 15.2. The van der Waals surface area contributed by atoms with Gasteiger partial charge in [0.1, 0.15) is 5.75 Å². The van der Waals surface area contributed by atoms with Crippen molar-refractivity contribution in [2.24, 2.45) is 0 Å². The highest BCUT2D eigenvalue weighted by Crippen LogP contribution is 2.30. The molecular formula is C18H22BrNO. The quantitative estimate of drug-likeness (QED) is 0.805. The minimum absolute atomic E-state index is 0.181. The molecule has 0 saturated carbocycles. The molecule has 0 saturated heterocycles. The molecule has 0 amide bonds. The highest BCUT2D eigenvalue weighted by atomic mass is 79.9. The Morgan fingerprint density at radius 2 is 1.81 bits per heavy atom. The average molecular weight is 348 g/mol. The molecule has 0 bridgehead atoms. The lowest BCUT2D eigenvalue weighted by Crippen LogP contribution is -2.22. The lowest BCUT2D eigenvalue weighted by atomic mass is 9.97. The monoisotopic (exact) mass is 347 g/mol. The Hall–Kier alpha value is -1.32. The summed E-state index contributed by atoms with van der Waals surface area (Å²) in [7, 11) is 0. The second-order valence-electron chi connectivity index (χ2n) is 5.02. The molecule has 1 atom stereocenters. The fourth-order valence-corrected chi connectivity index (χ4v) is 3.12. The fraction of sp³-hybridized carbons (Fsp3) is 0.333. The van der Waals surface area contributed by atoms with Crippen molar-refractivity contribution in [3.8, 4) is 5.75 Å². The van der Waals surface area contributed by atoms with Crippen LogP contribution in [-0.4, -0.2) is 13.2 Å². The number of halogens is 1. The molecule has 21 heavy (non-hydrogen) atoms. The van der Waals surface area contributed by atoms with Gasteiger partial charge in [-0.05, 0) is 55.3 Å². The Balaban J connectivity index is 2.33. The molecule has 0 radical (unpaired) electrons. The molecule has 0 spiro atoms. The van der Waals surface area contributed by atoms with Gasteiger partial charge in [-0.25, -0.2) is 0 Å². The second kappa shape index (κ2) is 7.62. The summed E-state index contributed by atoms with van der Waals surface area (Å²) in [6.45, 7) is 7.84. The normalized spacial score (nSPS) is 12.2. The molecule has 1 unspecified atom stereocenters. The summed E-state index contributed by atoms with van der Waals surface area (Å²) in [5, 5.41) is 3.56. The minimum Gasteiger partial charge on any atom is -0.494 e. The van der Waals surface area contributed by atoms with Gasteiger partial charge >= 0.3 is 0 Å². The summed E-state index contributed by atoms with van der Waals surface area (Å²) in [6.07, 6.45) is 0. The summed E-state index contributed by atoms with van der Waals surface area (Å²) >= 11 is 3.69. The zero-order valence-corrected chi connectivity index (χ0v) is 14.4. The van der Waals surface area contributed by atoms with E-state index in [0.29, 0.717) is 6.61 Å². The number of benzene rings is 2. The Labute approximate surface area is 135 Å². The first kappa shape index (κ1) is 16.1. The maximum Gasteiger partial charge on any atom is 0.119 e. The Kier molecular flexibility index (Phi) is 5.83. The van der Waals surface area contributed by atoms with E-state index < -0.39 is 0 Å². The van der Waals surface area contributed by atoms with E-state index in [1.54, 1.807) is 0 Å². The van der Waals surface area contributed by atoms with Gasteiger partial charge in [-0.1, -0.05) is 47.1 Å². The van der Waals surface area contributed by atoms with E-state index >= 15 is 0 Å². The van der Waals surface area contributed by atoms with Gasteiger partial charge in [0.15, 0.2) is 0 Å². The molecule has 0 aliphatic heterocycles. The van der Waals surface area contributed by atoms with Crippen molar-refractivity contribution in [2.45, 2.75) is 26.8 Å². The molecular weight excluding hydrogens is 326 g/mol. The van der Waals surface area contributed by atoms with E-state index in [1.807, 2.05) is 19.1 Å². The van der Waals surface area contributed by atoms with Crippen LogP contribution in [0.25, 0.3) is 0 Å². The summed E-state index contributed by atoms with van der Waals surface area (Å²) in [4.78, 5) is 0. The number of hydrogen-bond donors (Lipinski definition) is 1. The summed E-state index contributed by atoms with van der Waals surface area (Å²) < 4.78 is 6.66. The van der Waals surface area contributed by atoms with Crippen LogP contribution in [0, 0.1) is 6.92 Å². The molecule has 3 heteroatoms. The van der Waals surface area contributed by atoms with E-state index in [9.17, 15) is 0 Å². The van der Waals surface area contributed by atoms with E-state index in [-0.39, 0.29) is 6.04 Å². The number of hydrogen-bond acceptors (Lipinski definition) is 2. The Morgan fingerprint density at radius 1 is 1.10 bits per heavy atom. The average Bonchev–Trinajstić information content (AvgIpc) is 2.47. The van der Waals surface area contributed by atoms with Crippen LogP contribution in [0.3, 0.4) is 0 Å². The molecule has 2 nitrogen and oxygen atoms in total. The van der Waals surface area contributed by atoms with Crippen LogP contribution in [0.15, 0.2) is 46.9 Å². The first-order valence-electron chi connectivity index (χ1n) is 7.37. The van der Waals surface area contributed by atoms with Crippen LogP contribution in [0.1, 0.15) is 36.6 Å². The molecule has 0 aliphatic rings. The van der Waals surface area contributed by atoms with Crippen LogP contribution in [0.2, 0.25) is 0 Å². The molecule has 2 rings (SSSR count). The van der Waals surface area contributed by atoms with Crippen LogP contribution < -0.4 is 10.1 Å². The van der Waals surface area contributed by atoms with Crippen molar-refractivity contribution in [3.63, 3.8) is 0 Å². The van der Waals surface area contributed by atoms with E-state index in [2.05, 4.69) is 65.4 Å². The maximum absolute atomic E-state index is 5.52. The first-order valence-corrected chi connectivity index (χ1v) is 8.17. The van der Waals surface area contributed by atoms with Crippen molar-refractivity contribution in [1.82, 2.24) is 5.32 Å². The van der Waals surface area contributed by atoms with Gasteiger partial charge in [0.2, 0.25) is 0 Å². The predicted molar refractivity (Wildman–Crippen MR) is 92.0 cm³/mol. The number of ether oxygens (including phenoxy) is 1. The topological polar surface area (TPSA) is 21.3 Å². The smallest absolute Gasteiger partial charge is 0.119 e. The lowest BCUT2D eigenvalue weighted by Gasteiger charge is -2.21. The molecule has 0 aromatic heterocycles. The second-order valence-corrected chi connectivity index (χ2v) is 5.87. The van der Waals surface area contributed by atoms with Gasteiger partial charge in [0.25, 0.3) is 0 Å². The standard InChI is InChI=1S/C18H22BrNO/c1-4-20-18(16-11-6-13(3)12-17(16)19)14-7-9-15(10-8-14)21-5-2/h6-12,18,20H,4-5H2,1-3H3. The molecule has 2 aromatic carbocycles. The Bertz CT molecular complexity index is 580. The van der Waals surface area contributed by atoms with Crippen LogP contribution in [-0.2, 0) is 0 Å². The van der Waals surface area contributed by atoms with E-state index in [1.165, 1.54) is 16.7 Å². The van der Waals surface area contributed by atoms with Crippen molar-refractivity contribution >= 4 is 15.9 Å². The maximum atomic E-state index is 5.52. The summed E-state index contributed by atoms with van der Waals surface area (Å²) in [5.41, 5.74) is 3.75. The highest BCUT2D eigenvalue weighted by molar-refractivity contribution is 9.10. The van der Waals surface area contributed by atoms with Gasteiger partial charge in [0.05, 0.1) is 12.6 Å². The summed E-state index contributed by atoms with van der Waals surface area (Å²) in [6, 6.07) is 15.0. The van der Waals surface area contributed by atoms with Gasteiger partial charge in [-0.3, -0.25) is 0 Å². The zero-order valence-electron chi connectivity index (χ0n) is 12.8. The van der Waals surface area contributed by atoms with E-state index in [0.717, 1.165) is 16.8 Å². The Morgan fingerprint density at radius 3 is 2.38 bits per heavy atom. The SMILES string of the molecule is CCNC(c1ccc(OCC)cc1)c1ccc(C)cc1Br. The van der Waals surface area contributed by atoms with Gasteiger partial charge in [-0.15, -0.1) is 0 Å². The van der Waals surface area contributed by atoms with Crippen LogP contribution in [0.5, 0.6) is 5.75 Å². The third kappa shape index (κ3) is 4.08. The summed E-state index contributed by atoms with van der Waals surface area (Å²) in [5.74, 6) is 0.916. The predicted octanol–water partition coefficient (Wildman–Crippen LogP) is 4.86. The minimum atomic E-state index is 0.181. The molecule has 1 N–H and O–H groups in total. The van der Waals surface area contributed by atoms with Crippen LogP contribution >= 0.6 is 15.9 Å². The van der Waals surface area contributed by atoms with Crippen LogP contribution in [0.4, 0.5) is 0 Å². The molecule has 112 valence electrons. The third-order valence-corrected chi connectivity index (χ3v) is 4.09. The number of rotatable bonds is 6. The molecule has 0 aliphatic carbocycles. The first-order chi connectivity index (χ1) is 10.2. The number of nitrogens with one attached hydrogen (secondary N) is 1. The fourth-order valence-electron chi connectivity index (χ4n) is 2.40. The van der Waals surface area contributed by atoms with E-state index in [4.69, 9.17) is 4.74 Å². The van der Waals surface area contributed by atoms with Crippen molar-refractivity contribution in [1.29, 1.82) is 0 Å². The highest BCUT2D eigenvalue weighted by Gasteiger charge is 2.15. The van der Waals surface area contributed by atoms with Gasteiger partial charge in [0, 0.05) is 4.47 Å².